The molecule has 2 aromatic rings. The number of phenols is 2. The first-order valence-corrected chi connectivity index (χ1v) is 6.71. The number of carbonyl (C=O) groups is 1. The van der Waals surface area contributed by atoms with Gasteiger partial charge in [-0.05, 0) is 74.2 Å². The maximum atomic E-state index is 12.3. The fourth-order valence-electron chi connectivity index (χ4n) is 2.32. The van der Waals surface area contributed by atoms with Crippen molar-refractivity contribution in [1.82, 2.24) is 0 Å². The Balaban J connectivity index is 2.30. The van der Waals surface area contributed by atoms with Crippen LogP contribution in [-0.2, 0) is 0 Å². The highest BCUT2D eigenvalue weighted by molar-refractivity contribution is 6.04. The van der Waals surface area contributed by atoms with Crippen molar-refractivity contribution >= 4 is 11.6 Å². The molecule has 0 saturated carbocycles. The van der Waals surface area contributed by atoms with Crippen molar-refractivity contribution in [2.75, 3.05) is 5.32 Å². The van der Waals surface area contributed by atoms with E-state index in [1.807, 2.05) is 0 Å². The summed E-state index contributed by atoms with van der Waals surface area (Å²) in [4.78, 5) is 12.3. The molecule has 0 atom stereocenters. The third kappa shape index (κ3) is 2.99. The van der Waals surface area contributed by atoms with E-state index in [1.54, 1.807) is 52.0 Å². The van der Waals surface area contributed by atoms with Gasteiger partial charge in [0.1, 0.15) is 11.5 Å². The molecule has 2 aromatic carbocycles. The van der Waals surface area contributed by atoms with E-state index in [0.29, 0.717) is 33.5 Å². The van der Waals surface area contributed by atoms with Crippen LogP contribution < -0.4 is 5.32 Å². The van der Waals surface area contributed by atoms with E-state index in [0.717, 1.165) is 0 Å². The Morgan fingerprint density at radius 1 is 0.810 bits per heavy atom. The lowest BCUT2D eigenvalue weighted by atomic mass is 10.0. The van der Waals surface area contributed by atoms with Crippen LogP contribution in [0.5, 0.6) is 11.5 Å². The first-order valence-electron chi connectivity index (χ1n) is 6.71. The molecule has 0 aromatic heterocycles. The first-order chi connectivity index (χ1) is 9.79. The molecular weight excluding hydrogens is 266 g/mol. The standard InChI is InChI=1S/C17H19NO3/c1-9-5-13(6-10(2)15(9)19)17(21)18-14-7-11(3)16(20)12(4)8-14/h5-8,19-20H,1-4H3,(H,18,21). The number of nitrogens with one attached hydrogen (secondary N) is 1. The molecule has 21 heavy (non-hydrogen) atoms. The zero-order valence-corrected chi connectivity index (χ0v) is 12.6. The van der Waals surface area contributed by atoms with Gasteiger partial charge in [0, 0.05) is 11.3 Å². The normalized spacial score (nSPS) is 10.5. The van der Waals surface area contributed by atoms with Crippen molar-refractivity contribution in [2.45, 2.75) is 27.7 Å². The molecular formula is C17H19NO3. The van der Waals surface area contributed by atoms with Gasteiger partial charge in [-0.15, -0.1) is 0 Å². The van der Waals surface area contributed by atoms with Crippen LogP contribution in [0.15, 0.2) is 24.3 Å². The van der Waals surface area contributed by atoms with Gasteiger partial charge in [-0.2, -0.15) is 0 Å². The van der Waals surface area contributed by atoms with Crippen molar-refractivity contribution < 1.29 is 15.0 Å². The lowest BCUT2D eigenvalue weighted by Crippen LogP contribution is -2.12. The van der Waals surface area contributed by atoms with Crippen molar-refractivity contribution in [3.05, 3.63) is 52.1 Å². The minimum atomic E-state index is -0.245. The quantitative estimate of drug-likeness (QED) is 0.739. The van der Waals surface area contributed by atoms with Gasteiger partial charge in [-0.25, -0.2) is 0 Å². The van der Waals surface area contributed by atoms with Crippen molar-refractivity contribution in [1.29, 1.82) is 0 Å². The predicted molar refractivity (Wildman–Crippen MR) is 83.1 cm³/mol. The molecule has 4 heteroatoms. The van der Waals surface area contributed by atoms with Crippen molar-refractivity contribution in [2.24, 2.45) is 0 Å². The molecule has 0 bridgehead atoms. The molecule has 0 saturated heterocycles. The van der Waals surface area contributed by atoms with Gasteiger partial charge in [0.05, 0.1) is 0 Å². The monoisotopic (exact) mass is 285 g/mol. The molecule has 1 amide bonds. The van der Waals surface area contributed by atoms with E-state index in [2.05, 4.69) is 5.32 Å². The van der Waals surface area contributed by atoms with Crippen LogP contribution in [0.3, 0.4) is 0 Å². The van der Waals surface area contributed by atoms with Crippen LogP contribution in [0.25, 0.3) is 0 Å². The summed E-state index contributed by atoms with van der Waals surface area (Å²) in [5.41, 5.74) is 3.88. The van der Waals surface area contributed by atoms with E-state index in [-0.39, 0.29) is 17.4 Å². The van der Waals surface area contributed by atoms with Gasteiger partial charge in [-0.3, -0.25) is 4.79 Å². The third-order valence-electron chi connectivity index (χ3n) is 3.50. The average Bonchev–Trinajstić information content (AvgIpc) is 2.41. The average molecular weight is 285 g/mol. The second-order valence-corrected chi connectivity index (χ2v) is 5.37. The molecule has 0 fully saturated rings. The lowest BCUT2D eigenvalue weighted by Gasteiger charge is -2.11. The smallest absolute Gasteiger partial charge is 0.255 e. The Morgan fingerprint density at radius 2 is 1.19 bits per heavy atom. The Morgan fingerprint density at radius 3 is 1.62 bits per heavy atom. The van der Waals surface area contributed by atoms with Gasteiger partial charge in [0.25, 0.3) is 5.91 Å². The number of hydrogen-bond donors (Lipinski definition) is 3. The number of amides is 1. The number of phenolic OH excluding ortho intramolecular Hbond substituents is 2. The number of carbonyl (C=O) groups excluding carboxylic acids is 1. The zero-order chi connectivity index (χ0) is 15.7. The summed E-state index contributed by atoms with van der Waals surface area (Å²) in [5.74, 6) is 0.206. The van der Waals surface area contributed by atoms with Crippen LogP contribution in [-0.4, -0.2) is 16.1 Å². The molecule has 2 rings (SSSR count). The highest BCUT2D eigenvalue weighted by Gasteiger charge is 2.12. The number of aromatic hydroxyl groups is 2. The molecule has 0 aliphatic heterocycles. The van der Waals surface area contributed by atoms with Gasteiger partial charge in [-0.1, -0.05) is 0 Å². The SMILES string of the molecule is Cc1cc(NC(=O)c2cc(C)c(O)c(C)c2)cc(C)c1O. The minimum absolute atomic E-state index is 0.211. The van der Waals surface area contributed by atoms with Crippen molar-refractivity contribution in [3.8, 4) is 11.5 Å². The van der Waals surface area contributed by atoms with E-state index in [9.17, 15) is 15.0 Å². The van der Waals surface area contributed by atoms with Gasteiger partial charge < -0.3 is 15.5 Å². The molecule has 0 spiro atoms. The van der Waals surface area contributed by atoms with Crippen LogP contribution >= 0.6 is 0 Å². The van der Waals surface area contributed by atoms with Gasteiger partial charge in [0.15, 0.2) is 0 Å². The number of benzene rings is 2. The van der Waals surface area contributed by atoms with Gasteiger partial charge in [0.2, 0.25) is 0 Å². The van der Waals surface area contributed by atoms with E-state index >= 15 is 0 Å². The molecule has 4 nitrogen and oxygen atoms in total. The summed E-state index contributed by atoms with van der Waals surface area (Å²) in [6, 6.07) is 6.75. The molecule has 0 aliphatic carbocycles. The Bertz CT molecular complexity index is 674. The van der Waals surface area contributed by atoms with E-state index in [4.69, 9.17) is 0 Å². The third-order valence-corrected chi connectivity index (χ3v) is 3.50. The van der Waals surface area contributed by atoms with Crippen LogP contribution in [0.4, 0.5) is 5.69 Å². The maximum absolute atomic E-state index is 12.3. The minimum Gasteiger partial charge on any atom is -0.507 e. The highest BCUT2D eigenvalue weighted by Crippen LogP contribution is 2.27. The highest BCUT2D eigenvalue weighted by atomic mass is 16.3. The van der Waals surface area contributed by atoms with E-state index < -0.39 is 0 Å². The lowest BCUT2D eigenvalue weighted by molar-refractivity contribution is 0.102. The molecule has 0 heterocycles. The number of anilines is 1. The summed E-state index contributed by atoms with van der Waals surface area (Å²) >= 11 is 0. The summed E-state index contributed by atoms with van der Waals surface area (Å²) in [5, 5.41) is 22.3. The molecule has 3 N–H and O–H groups in total. The van der Waals surface area contributed by atoms with E-state index in [1.165, 1.54) is 0 Å². The number of rotatable bonds is 2. The number of hydrogen-bond acceptors (Lipinski definition) is 3. The summed E-state index contributed by atoms with van der Waals surface area (Å²) < 4.78 is 0. The van der Waals surface area contributed by atoms with Crippen LogP contribution in [0.1, 0.15) is 32.6 Å². The first kappa shape index (κ1) is 14.9. The topological polar surface area (TPSA) is 69.6 Å². The number of aryl methyl sites for hydroxylation is 4. The fraction of sp³-hybridized carbons (Fsp3) is 0.235. The molecule has 110 valence electrons. The molecule has 0 radical (unpaired) electrons. The Hall–Kier alpha value is -2.49. The van der Waals surface area contributed by atoms with Gasteiger partial charge >= 0.3 is 0 Å². The van der Waals surface area contributed by atoms with Crippen LogP contribution in [0.2, 0.25) is 0 Å². The predicted octanol–water partition coefficient (Wildman–Crippen LogP) is 3.58. The summed E-state index contributed by atoms with van der Waals surface area (Å²) in [7, 11) is 0. The van der Waals surface area contributed by atoms with Crippen molar-refractivity contribution in [3.63, 3.8) is 0 Å². The Kier molecular flexibility index (Phi) is 3.89. The maximum Gasteiger partial charge on any atom is 0.255 e. The Labute approximate surface area is 124 Å². The summed E-state index contributed by atoms with van der Waals surface area (Å²) in [6.07, 6.45) is 0. The second-order valence-electron chi connectivity index (χ2n) is 5.37. The van der Waals surface area contributed by atoms with Crippen LogP contribution in [0, 0.1) is 27.7 Å². The molecule has 0 unspecified atom stereocenters. The summed E-state index contributed by atoms with van der Waals surface area (Å²) in [6.45, 7) is 7.08. The molecule has 0 aliphatic rings. The fourth-order valence-corrected chi connectivity index (χ4v) is 2.32. The zero-order valence-electron chi connectivity index (χ0n) is 12.6. The largest absolute Gasteiger partial charge is 0.507 e. The second kappa shape index (κ2) is 5.48.